The Labute approximate surface area is 148 Å². The van der Waals surface area contributed by atoms with E-state index in [4.69, 9.17) is 5.73 Å². The van der Waals surface area contributed by atoms with Crippen LogP contribution in [0, 0.1) is 5.92 Å². The average molecular weight is 353 g/mol. The van der Waals surface area contributed by atoms with E-state index in [1.807, 2.05) is 12.1 Å². The lowest BCUT2D eigenvalue weighted by molar-refractivity contribution is -0.119. The number of amides is 1. The molecule has 3 N–H and O–H groups in total. The van der Waals surface area contributed by atoms with Gasteiger partial charge in [0.1, 0.15) is 0 Å². The number of thioether (sulfide) groups is 1. The molecule has 1 atom stereocenters. The lowest BCUT2D eigenvalue weighted by atomic mass is 10.0. The van der Waals surface area contributed by atoms with Gasteiger partial charge in [-0.25, -0.2) is 0 Å². The lowest BCUT2D eigenvalue weighted by Crippen LogP contribution is -2.41. The van der Waals surface area contributed by atoms with E-state index in [9.17, 15) is 4.79 Å². The van der Waals surface area contributed by atoms with Gasteiger partial charge >= 0.3 is 0 Å². The third-order valence-electron chi connectivity index (χ3n) is 3.50. The second kappa shape index (κ2) is 9.81. The minimum absolute atomic E-state index is 0. The average Bonchev–Trinajstić information content (AvgIpc) is 2.51. The Morgan fingerprint density at radius 2 is 1.87 bits per heavy atom. The van der Waals surface area contributed by atoms with Gasteiger partial charge in [-0.1, -0.05) is 44.2 Å². The molecule has 0 bridgehead atoms. The number of hydrogen-bond donors (Lipinski definition) is 2. The zero-order valence-corrected chi connectivity index (χ0v) is 15.3. The molecule has 0 spiro atoms. The highest BCUT2D eigenvalue weighted by Crippen LogP contribution is 2.23. The zero-order chi connectivity index (χ0) is 15.9. The first-order valence-corrected chi connectivity index (χ1v) is 8.68. The summed E-state index contributed by atoms with van der Waals surface area (Å²) in [5, 5.41) is 5.44. The molecule has 5 heteroatoms. The lowest BCUT2D eigenvalue weighted by Gasteiger charge is -2.18. The van der Waals surface area contributed by atoms with Crippen LogP contribution in [0.2, 0.25) is 0 Å². The molecular formula is C18H25ClN2OS. The van der Waals surface area contributed by atoms with E-state index in [1.165, 1.54) is 10.8 Å². The predicted molar refractivity (Wildman–Crippen MR) is 102 cm³/mol. The number of halogens is 1. The Balaban J connectivity index is 0.00000264. The first kappa shape index (κ1) is 19.8. The zero-order valence-electron chi connectivity index (χ0n) is 13.6. The van der Waals surface area contributed by atoms with Gasteiger partial charge in [-0.2, -0.15) is 0 Å². The third kappa shape index (κ3) is 6.42. The van der Waals surface area contributed by atoms with Crippen LogP contribution in [0.5, 0.6) is 0 Å². The Hall–Kier alpha value is -1.23. The molecule has 0 aliphatic rings. The fourth-order valence-electron chi connectivity index (χ4n) is 2.46. The summed E-state index contributed by atoms with van der Waals surface area (Å²) in [6, 6.07) is 14.6. The van der Waals surface area contributed by atoms with Gasteiger partial charge in [0.05, 0.1) is 5.75 Å². The van der Waals surface area contributed by atoms with Gasteiger partial charge < -0.3 is 11.1 Å². The van der Waals surface area contributed by atoms with Crippen molar-refractivity contribution in [3.05, 3.63) is 42.5 Å². The number of benzene rings is 2. The Morgan fingerprint density at radius 1 is 1.17 bits per heavy atom. The molecule has 23 heavy (non-hydrogen) atoms. The third-order valence-corrected chi connectivity index (χ3v) is 4.49. The Morgan fingerprint density at radius 3 is 2.52 bits per heavy atom. The molecule has 0 fully saturated rings. The van der Waals surface area contributed by atoms with Crippen LogP contribution in [0.3, 0.4) is 0 Å². The molecule has 0 aromatic heterocycles. The van der Waals surface area contributed by atoms with E-state index < -0.39 is 0 Å². The second-order valence-corrected chi connectivity index (χ2v) is 6.98. The SMILES string of the molecule is CC(C)CC(CN)NC(=O)CSc1ccc2ccccc2c1.Cl. The topological polar surface area (TPSA) is 55.1 Å². The van der Waals surface area contributed by atoms with Crippen molar-refractivity contribution < 1.29 is 4.79 Å². The van der Waals surface area contributed by atoms with Crippen LogP contribution in [0.15, 0.2) is 47.4 Å². The summed E-state index contributed by atoms with van der Waals surface area (Å²) in [7, 11) is 0. The molecule has 0 aliphatic heterocycles. The van der Waals surface area contributed by atoms with E-state index in [2.05, 4.69) is 49.5 Å². The van der Waals surface area contributed by atoms with Gasteiger partial charge in [0, 0.05) is 17.5 Å². The van der Waals surface area contributed by atoms with Crippen LogP contribution in [0.1, 0.15) is 20.3 Å². The number of carbonyl (C=O) groups is 1. The maximum atomic E-state index is 12.0. The minimum Gasteiger partial charge on any atom is -0.351 e. The standard InChI is InChI=1S/C18H24N2OS.ClH/c1-13(2)9-16(11-19)20-18(21)12-22-17-8-7-14-5-3-4-6-15(14)10-17;/h3-8,10,13,16H,9,11-12,19H2,1-2H3,(H,20,21);1H. The highest BCUT2D eigenvalue weighted by molar-refractivity contribution is 8.00. The first-order valence-electron chi connectivity index (χ1n) is 7.69. The van der Waals surface area contributed by atoms with Crippen LogP contribution in [-0.4, -0.2) is 24.2 Å². The normalized spacial score (nSPS) is 12.0. The molecule has 126 valence electrons. The van der Waals surface area contributed by atoms with Crippen molar-refractivity contribution >= 4 is 40.8 Å². The molecule has 3 nitrogen and oxygen atoms in total. The van der Waals surface area contributed by atoms with E-state index in [0.29, 0.717) is 18.2 Å². The van der Waals surface area contributed by atoms with Gasteiger partial charge in [-0.05, 0) is 35.2 Å². The largest absolute Gasteiger partial charge is 0.351 e. The monoisotopic (exact) mass is 352 g/mol. The Kier molecular flexibility index (Phi) is 8.45. The molecule has 0 aliphatic carbocycles. The van der Waals surface area contributed by atoms with Gasteiger partial charge in [-0.3, -0.25) is 4.79 Å². The Bertz CT molecular complexity index is 633. The minimum atomic E-state index is 0. The van der Waals surface area contributed by atoms with Crippen molar-refractivity contribution in [3.8, 4) is 0 Å². The summed E-state index contributed by atoms with van der Waals surface area (Å²) < 4.78 is 0. The molecule has 1 amide bonds. The number of nitrogens with two attached hydrogens (primary N) is 1. The van der Waals surface area contributed by atoms with Crippen molar-refractivity contribution in [2.24, 2.45) is 11.7 Å². The number of fused-ring (bicyclic) bond motifs is 1. The summed E-state index contributed by atoms with van der Waals surface area (Å²) in [4.78, 5) is 13.2. The van der Waals surface area contributed by atoms with Crippen molar-refractivity contribution in [1.29, 1.82) is 0 Å². The summed E-state index contributed by atoms with van der Waals surface area (Å²) in [6.45, 7) is 4.77. The van der Waals surface area contributed by atoms with E-state index in [-0.39, 0.29) is 24.4 Å². The van der Waals surface area contributed by atoms with Gasteiger partial charge in [0.2, 0.25) is 5.91 Å². The van der Waals surface area contributed by atoms with E-state index in [1.54, 1.807) is 11.8 Å². The maximum absolute atomic E-state index is 12.0. The van der Waals surface area contributed by atoms with Crippen molar-refractivity contribution in [1.82, 2.24) is 5.32 Å². The highest BCUT2D eigenvalue weighted by atomic mass is 35.5. The molecule has 2 aromatic carbocycles. The quantitative estimate of drug-likeness (QED) is 0.744. The molecular weight excluding hydrogens is 328 g/mol. The van der Waals surface area contributed by atoms with Crippen LogP contribution in [0.4, 0.5) is 0 Å². The molecule has 1 unspecified atom stereocenters. The molecule has 2 aromatic rings. The van der Waals surface area contributed by atoms with Crippen LogP contribution >= 0.6 is 24.2 Å². The van der Waals surface area contributed by atoms with E-state index in [0.717, 1.165) is 11.3 Å². The molecule has 0 heterocycles. The van der Waals surface area contributed by atoms with Crippen molar-refractivity contribution in [2.75, 3.05) is 12.3 Å². The summed E-state index contributed by atoms with van der Waals surface area (Å²) in [6.07, 6.45) is 0.920. The highest BCUT2D eigenvalue weighted by Gasteiger charge is 2.12. The van der Waals surface area contributed by atoms with Crippen molar-refractivity contribution in [2.45, 2.75) is 31.2 Å². The van der Waals surface area contributed by atoms with Crippen molar-refractivity contribution in [3.63, 3.8) is 0 Å². The number of rotatable bonds is 7. The fourth-order valence-corrected chi connectivity index (χ4v) is 3.21. The summed E-state index contributed by atoms with van der Waals surface area (Å²) in [5.41, 5.74) is 5.72. The number of hydrogen-bond acceptors (Lipinski definition) is 3. The predicted octanol–water partition coefficient (Wildman–Crippen LogP) is 3.84. The van der Waals surface area contributed by atoms with Gasteiger partial charge in [0.15, 0.2) is 0 Å². The first-order chi connectivity index (χ1) is 10.6. The smallest absolute Gasteiger partial charge is 0.230 e. The maximum Gasteiger partial charge on any atom is 0.230 e. The summed E-state index contributed by atoms with van der Waals surface area (Å²) >= 11 is 1.56. The van der Waals surface area contributed by atoms with Crippen LogP contribution in [0.25, 0.3) is 10.8 Å². The number of nitrogens with one attached hydrogen (secondary N) is 1. The van der Waals surface area contributed by atoms with Gasteiger partial charge in [0.25, 0.3) is 0 Å². The fraction of sp³-hybridized carbons (Fsp3) is 0.389. The molecule has 0 radical (unpaired) electrons. The number of carbonyl (C=O) groups excluding carboxylic acids is 1. The molecule has 0 saturated carbocycles. The molecule has 0 saturated heterocycles. The van der Waals surface area contributed by atoms with E-state index >= 15 is 0 Å². The summed E-state index contributed by atoms with van der Waals surface area (Å²) in [5.74, 6) is 1.00. The van der Waals surface area contributed by atoms with Crippen LogP contribution < -0.4 is 11.1 Å². The second-order valence-electron chi connectivity index (χ2n) is 5.93. The van der Waals surface area contributed by atoms with Gasteiger partial charge in [-0.15, -0.1) is 24.2 Å². The van der Waals surface area contributed by atoms with Crippen LogP contribution in [-0.2, 0) is 4.79 Å². The molecule has 2 rings (SSSR count).